The minimum Gasteiger partial charge on any atom is -0.482 e. The number of aliphatic carboxylic acids is 1. The second kappa shape index (κ2) is 14.0. The Bertz CT molecular complexity index is 1110. The number of carbonyl (C=O) groups excluding carboxylic acids is 4. The molecule has 2 aromatic carbocycles. The van der Waals surface area contributed by atoms with E-state index in [9.17, 15) is 29.1 Å². The third-order valence-corrected chi connectivity index (χ3v) is 4.68. The number of hydrazone groups is 1. The van der Waals surface area contributed by atoms with Crippen molar-refractivity contribution in [3.05, 3.63) is 65.2 Å². The van der Waals surface area contributed by atoms with Crippen LogP contribution in [0.4, 0.5) is 4.79 Å². The molecule has 2 rings (SSSR count). The minimum absolute atomic E-state index is 0.105. The number of hydrogen-bond acceptors (Lipinski definition) is 9. The van der Waals surface area contributed by atoms with E-state index in [4.69, 9.17) is 9.47 Å². The van der Waals surface area contributed by atoms with Gasteiger partial charge < -0.3 is 19.3 Å². The van der Waals surface area contributed by atoms with Crippen molar-refractivity contribution in [2.45, 2.75) is 20.3 Å². The van der Waals surface area contributed by atoms with Crippen molar-refractivity contribution in [2.75, 3.05) is 19.8 Å². The average molecular weight is 498 g/mol. The Kier molecular flexibility index (Phi) is 10.8. The maximum Gasteiger partial charge on any atom is 0.427 e. The molecule has 1 atom stereocenters. The van der Waals surface area contributed by atoms with Gasteiger partial charge in [-0.15, -0.1) is 0 Å². The van der Waals surface area contributed by atoms with E-state index < -0.39 is 41.9 Å². The van der Waals surface area contributed by atoms with E-state index in [2.05, 4.69) is 15.3 Å². The van der Waals surface area contributed by atoms with Crippen molar-refractivity contribution < 1.29 is 43.3 Å². The second-order valence-corrected chi connectivity index (χ2v) is 7.21. The number of rotatable bonds is 13. The number of ketones is 2. The molecule has 0 spiro atoms. The smallest absolute Gasteiger partial charge is 0.427 e. The number of nitrogens with zero attached hydrogens (tertiary/aromatic N) is 1. The Balaban J connectivity index is 2.01. The number of esters is 1. The van der Waals surface area contributed by atoms with Gasteiger partial charge in [0.25, 0.3) is 0 Å². The number of nitrogens with one attached hydrogen (secondary N) is 1. The number of amides is 1. The van der Waals surface area contributed by atoms with Crippen molar-refractivity contribution in [2.24, 2.45) is 11.0 Å². The summed E-state index contributed by atoms with van der Waals surface area (Å²) in [5.41, 5.74) is 2.99. The van der Waals surface area contributed by atoms with E-state index in [1.165, 1.54) is 54.7 Å². The molecule has 0 aromatic heterocycles. The number of benzene rings is 2. The average Bonchev–Trinajstić information content (AvgIpc) is 2.86. The molecule has 0 aliphatic carbocycles. The van der Waals surface area contributed by atoms with Crippen LogP contribution >= 0.6 is 0 Å². The maximum absolute atomic E-state index is 12.8. The summed E-state index contributed by atoms with van der Waals surface area (Å²) in [6.45, 7) is 3.46. The van der Waals surface area contributed by atoms with Crippen LogP contribution in [0.2, 0.25) is 0 Å². The number of carboxylic acids is 1. The van der Waals surface area contributed by atoms with Crippen LogP contribution in [0.25, 0.3) is 0 Å². The molecule has 0 radical (unpaired) electrons. The van der Waals surface area contributed by atoms with Gasteiger partial charge in [0.1, 0.15) is 11.7 Å². The van der Waals surface area contributed by atoms with Gasteiger partial charge >= 0.3 is 18.0 Å². The SMILES string of the molecule is CCOC(=O)COc1ccc(C(=O)CC(C(=O)O)C(=O)c2ccc(C=NNC(=O)OCC)cc2)cc1. The van der Waals surface area contributed by atoms with Crippen molar-refractivity contribution in [3.63, 3.8) is 0 Å². The highest BCUT2D eigenvalue weighted by Crippen LogP contribution is 2.19. The first-order valence-electron chi connectivity index (χ1n) is 11.0. The molecule has 2 N–H and O–H groups in total. The molecule has 2 aromatic rings. The van der Waals surface area contributed by atoms with Gasteiger partial charge in [0.05, 0.1) is 19.4 Å². The van der Waals surface area contributed by atoms with Gasteiger partial charge in [-0.25, -0.2) is 15.0 Å². The quantitative estimate of drug-likeness (QED) is 0.139. The summed E-state index contributed by atoms with van der Waals surface area (Å²) < 4.78 is 14.7. The molecule has 11 nitrogen and oxygen atoms in total. The fourth-order valence-electron chi connectivity index (χ4n) is 2.93. The van der Waals surface area contributed by atoms with Gasteiger partial charge in [0.15, 0.2) is 18.2 Å². The number of hydrogen-bond donors (Lipinski definition) is 2. The lowest BCUT2D eigenvalue weighted by Gasteiger charge is -2.12. The number of carbonyl (C=O) groups is 5. The third kappa shape index (κ3) is 8.67. The molecule has 0 aliphatic heterocycles. The molecule has 1 unspecified atom stereocenters. The highest BCUT2D eigenvalue weighted by Gasteiger charge is 2.30. The summed E-state index contributed by atoms with van der Waals surface area (Å²) in [6, 6.07) is 11.6. The van der Waals surface area contributed by atoms with E-state index in [0.29, 0.717) is 11.3 Å². The first-order chi connectivity index (χ1) is 17.2. The fraction of sp³-hybridized carbons (Fsp3) is 0.280. The summed E-state index contributed by atoms with van der Waals surface area (Å²) in [6.07, 6.45) is 0.0706. The van der Waals surface area contributed by atoms with Crippen LogP contribution in [0.1, 0.15) is 46.5 Å². The van der Waals surface area contributed by atoms with E-state index in [0.717, 1.165) is 0 Å². The minimum atomic E-state index is -1.58. The van der Waals surface area contributed by atoms with Crippen LogP contribution in [0.15, 0.2) is 53.6 Å². The lowest BCUT2D eigenvalue weighted by Crippen LogP contribution is -2.26. The van der Waals surface area contributed by atoms with Crippen molar-refractivity contribution >= 4 is 35.8 Å². The molecular formula is C25H26N2O9. The van der Waals surface area contributed by atoms with Gasteiger partial charge in [0, 0.05) is 17.5 Å². The van der Waals surface area contributed by atoms with Crippen LogP contribution in [0.5, 0.6) is 5.75 Å². The largest absolute Gasteiger partial charge is 0.482 e. The molecule has 36 heavy (non-hydrogen) atoms. The highest BCUT2D eigenvalue weighted by molar-refractivity contribution is 6.12. The van der Waals surface area contributed by atoms with Crippen LogP contribution in [-0.4, -0.2) is 60.7 Å². The molecule has 0 heterocycles. The molecule has 0 saturated carbocycles. The summed E-state index contributed by atoms with van der Waals surface area (Å²) in [4.78, 5) is 59.7. The van der Waals surface area contributed by atoms with E-state index in [-0.39, 0.29) is 30.9 Å². The lowest BCUT2D eigenvalue weighted by atomic mass is 9.90. The van der Waals surface area contributed by atoms with Gasteiger partial charge in [-0.1, -0.05) is 24.3 Å². The number of Topliss-reactive ketones (excluding diaryl/α,β-unsaturated/α-hetero) is 2. The standard InChI is InChI=1S/C25H26N2O9/c1-3-34-22(29)15-36-19-11-9-17(10-12-19)21(28)13-20(24(31)32)23(30)18-7-5-16(6-8-18)14-26-27-25(33)35-4-2/h5-12,14,20H,3-4,13,15H2,1-2H3,(H,27,33)(H,31,32). The number of carboxylic acid groups (broad SMARTS) is 1. The number of ether oxygens (including phenoxy) is 3. The van der Waals surface area contributed by atoms with Crippen molar-refractivity contribution in [1.29, 1.82) is 0 Å². The molecule has 0 saturated heterocycles. The molecule has 190 valence electrons. The van der Waals surface area contributed by atoms with Gasteiger partial charge in [-0.05, 0) is 43.7 Å². The normalized spacial score (nSPS) is 11.4. The van der Waals surface area contributed by atoms with Crippen LogP contribution in [0.3, 0.4) is 0 Å². The summed E-state index contributed by atoms with van der Waals surface area (Å²) in [7, 11) is 0. The Morgan fingerprint density at radius 1 is 0.917 bits per heavy atom. The third-order valence-electron chi connectivity index (χ3n) is 4.68. The van der Waals surface area contributed by atoms with Crippen molar-refractivity contribution in [1.82, 2.24) is 5.43 Å². The second-order valence-electron chi connectivity index (χ2n) is 7.21. The summed E-state index contributed by atoms with van der Waals surface area (Å²) >= 11 is 0. The molecular weight excluding hydrogens is 472 g/mol. The van der Waals surface area contributed by atoms with Crippen LogP contribution in [0, 0.1) is 5.92 Å². The van der Waals surface area contributed by atoms with E-state index in [1.807, 2.05) is 0 Å². The zero-order valence-corrected chi connectivity index (χ0v) is 19.8. The summed E-state index contributed by atoms with van der Waals surface area (Å²) in [5, 5.41) is 13.3. The van der Waals surface area contributed by atoms with Crippen LogP contribution in [-0.2, 0) is 19.1 Å². The van der Waals surface area contributed by atoms with Gasteiger partial charge in [-0.2, -0.15) is 5.10 Å². The predicted octanol–water partition coefficient (Wildman–Crippen LogP) is 2.87. The zero-order chi connectivity index (χ0) is 26.5. The maximum atomic E-state index is 12.8. The Hall–Kier alpha value is -4.54. The zero-order valence-electron chi connectivity index (χ0n) is 19.8. The van der Waals surface area contributed by atoms with Crippen molar-refractivity contribution in [3.8, 4) is 5.75 Å². The van der Waals surface area contributed by atoms with Gasteiger partial charge in [-0.3, -0.25) is 14.4 Å². The Morgan fingerprint density at radius 2 is 1.53 bits per heavy atom. The Labute approximate surface area is 207 Å². The Morgan fingerprint density at radius 3 is 2.11 bits per heavy atom. The predicted molar refractivity (Wildman–Crippen MR) is 127 cm³/mol. The summed E-state index contributed by atoms with van der Waals surface area (Å²) in [5.74, 6) is -4.48. The molecule has 0 bridgehead atoms. The molecule has 11 heteroatoms. The first-order valence-corrected chi connectivity index (χ1v) is 11.0. The van der Waals surface area contributed by atoms with E-state index in [1.54, 1.807) is 13.8 Å². The molecule has 0 aliphatic rings. The van der Waals surface area contributed by atoms with Crippen LogP contribution < -0.4 is 10.2 Å². The van der Waals surface area contributed by atoms with Gasteiger partial charge in [0.2, 0.25) is 0 Å². The fourth-order valence-corrected chi connectivity index (χ4v) is 2.93. The molecule has 1 amide bonds. The monoisotopic (exact) mass is 498 g/mol. The van der Waals surface area contributed by atoms with E-state index >= 15 is 0 Å². The molecule has 0 fully saturated rings. The highest BCUT2D eigenvalue weighted by atomic mass is 16.6. The lowest BCUT2D eigenvalue weighted by molar-refractivity contribution is -0.145. The first kappa shape index (κ1) is 27.7. The topological polar surface area (TPSA) is 158 Å².